The van der Waals surface area contributed by atoms with Gasteiger partial charge in [-0.25, -0.2) is 0 Å². The van der Waals surface area contributed by atoms with Crippen LogP contribution in [0.1, 0.15) is 61.3 Å². The van der Waals surface area contributed by atoms with Gasteiger partial charge in [0.15, 0.2) is 0 Å². The van der Waals surface area contributed by atoms with Gasteiger partial charge in [0, 0.05) is 6.04 Å². The molecule has 2 N–H and O–H groups in total. The minimum absolute atomic E-state index is 0.231. The maximum Gasteiger partial charge on any atom is 0.0295 e. The van der Waals surface area contributed by atoms with E-state index < -0.39 is 0 Å². The van der Waals surface area contributed by atoms with Crippen molar-refractivity contribution in [3.63, 3.8) is 0 Å². The predicted octanol–water partition coefficient (Wildman–Crippen LogP) is 4.27. The minimum atomic E-state index is 0.231. The lowest BCUT2D eigenvalue weighted by Gasteiger charge is -2.16. The highest BCUT2D eigenvalue weighted by Crippen LogP contribution is 2.31. The molecule has 1 unspecified atom stereocenters. The van der Waals surface area contributed by atoms with Crippen molar-refractivity contribution in [3.8, 4) is 0 Å². The summed E-state index contributed by atoms with van der Waals surface area (Å²) in [6, 6.07) is 6.93. The van der Waals surface area contributed by atoms with E-state index in [1.54, 1.807) is 0 Å². The zero-order valence-electron chi connectivity index (χ0n) is 11.2. The molecule has 1 saturated carbocycles. The maximum atomic E-state index is 6.31. The van der Waals surface area contributed by atoms with Gasteiger partial charge in [0.2, 0.25) is 0 Å². The van der Waals surface area contributed by atoms with Crippen LogP contribution >= 0.6 is 0 Å². The third-order valence-corrected chi connectivity index (χ3v) is 4.03. The summed E-state index contributed by atoms with van der Waals surface area (Å²) in [6.07, 6.45) is 8.19. The zero-order chi connectivity index (χ0) is 12.3. The topological polar surface area (TPSA) is 26.0 Å². The van der Waals surface area contributed by atoms with Crippen LogP contribution in [-0.2, 0) is 0 Å². The van der Waals surface area contributed by atoms with E-state index in [2.05, 4.69) is 32.0 Å². The van der Waals surface area contributed by atoms with Gasteiger partial charge in [-0.2, -0.15) is 0 Å². The maximum absolute atomic E-state index is 6.31. The van der Waals surface area contributed by atoms with E-state index in [9.17, 15) is 0 Å². The summed E-state index contributed by atoms with van der Waals surface area (Å²) in [5.41, 5.74) is 10.3. The smallest absolute Gasteiger partial charge is 0.0295 e. The number of hydrogen-bond donors (Lipinski definition) is 1. The van der Waals surface area contributed by atoms with Crippen LogP contribution in [-0.4, -0.2) is 0 Å². The Bertz CT molecular complexity index is 344. The number of rotatable bonds is 4. The largest absolute Gasteiger partial charge is 0.324 e. The Morgan fingerprint density at radius 2 is 1.71 bits per heavy atom. The number of aryl methyl sites for hydroxylation is 2. The third kappa shape index (κ3) is 3.57. The molecule has 0 amide bonds. The predicted molar refractivity (Wildman–Crippen MR) is 74.0 cm³/mol. The first-order valence-corrected chi connectivity index (χ1v) is 6.99. The summed E-state index contributed by atoms with van der Waals surface area (Å²) in [6.45, 7) is 4.31. The molecule has 1 aromatic rings. The van der Waals surface area contributed by atoms with Gasteiger partial charge in [0.25, 0.3) is 0 Å². The Labute approximate surface area is 105 Å². The Morgan fingerprint density at radius 1 is 1.12 bits per heavy atom. The van der Waals surface area contributed by atoms with Crippen molar-refractivity contribution in [2.45, 2.75) is 58.4 Å². The van der Waals surface area contributed by atoms with Crippen molar-refractivity contribution in [1.29, 1.82) is 0 Å². The second-order valence-corrected chi connectivity index (χ2v) is 5.76. The standard InChI is InChI=1S/C16H25N/c1-12-9-13(2)11-15(10-12)16(17)8-7-14-5-3-4-6-14/h9-11,14,16H,3-8,17H2,1-2H3. The van der Waals surface area contributed by atoms with Crippen LogP contribution in [0.5, 0.6) is 0 Å². The molecule has 1 nitrogen and oxygen atoms in total. The van der Waals surface area contributed by atoms with Crippen molar-refractivity contribution >= 4 is 0 Å². The first-order valence-electron chi connectivity index (χ1n) is 6.99. The highest BCUT2D eigenvalue weighted by atomic mass is 14.6. The number of hydrogen-bond acceptors (Lipinski definition) is 1. The van der Waals surface area contributed by atoms with E-state index in [0.717, 1.165) is 12.3 Å². The fourth-order valence-corrected chi connectivity index (χ4v) is 3.10. The molecular weight excluding hydrogens is 206 g/mol. The summed E-state index contributed by atoms with van der Waals surface area (Å²) in [5.74, 6) is 0.951. The average molecular weight is 231 g/mol. The highest BCUT2D eigenvalue weighted by molar-refractivity contribution is 5.30. The molecule has 0 aliphatic heterocycles. The lowest BCUT2D eigenvalue weighted by molar-refractivity contribution is 0.454. The molecule has 0 bridgehead atoms. The van der Waals surface area contributed by atoms with Crippen LogP contribution in [0.2, 0.25) is 0 Å². The molecule has 94 valence electrons. The van der Waals surface area contributed by atoms with E-state index in [1.807, 2.05) is 0 Å². The molecular formula is C16H25N. The lowest BCUT2D eigenvalue weighted by Crippen LogP contribution is -2.12. The first-order chi connectivity index (χ1) is 8.15. The molecule has 0 spiro atoms. The van der Waals surface area contributed by atoms with Crippen molar-refractivity contribution in [2.75, 3.05) is 0 Å². The van der Waals surface area contributed by atoms with Gasteiger partial charge in [0.05, 0.1) is 0 Å². The molecule has 0 radical (unpaired) electrons. The monoisotopic (exact) mass is 231 g/mol. The van der Waals surface area contributed by atoms with Crippen LogP contribution in [0.4, 0.5) is 0 Å². The van der Waals surface area contributed by atoms with Crippen LogP contribution in [0.15, 0.2) is 18.2 Å². The van der Waals surface area contributed by atoms with E-state index in [4.69, 9.17) is 5.73 Å². The molecule has 0 heterocycles. The number of nitrogens with two attached hydrogens (primary N) is 1. The Hall–Kier alpha value is -0.820. The van der Waals surface area contributed by atoms with Crippen molar-refractivity contribution in [1.82, 2.24) is 0 Å². The van der Waals surface area contributed by atoms with Crippen LogP contribution in [0, 0.1) is 19.8 Å². The lowest BCUT2D eigenvalue weighted by atomic mass is 9.94. The van der Waals surface area contributed by atoms with Crippen molar-refractivity contribution < 1.29 is 0 Å². The SMILES string of the molecule is Cc1cc(C)cc(C(N)CCC2CCCC2)c1. The van der Waals surface area contributed by atoms with E-state index in [0.29, 0.717) is 0 Å². The molecule has 2 rings (SSSR count). The Morgan fingerprint density at radius 3 is 2.29 bits per heavy atom. The quantitative estimate of drug-likeness (QED) is 0.822. The minimum Gasteiger partial charge on any atom is -0.324 e. The van der Waals surface area contributed by atoms with E-state index in [1.165, 1.54) is 48.8 Å². The van der Waals surface area contributed by atoms with E-state index >= 15 is 0 Å². The summed E-state index contributed by atoms with van der Waals surface area (Å²) >= 11 is 0. The van der Waals surface area contributed by atoms with Gasteiger partial charge in [-0.15, -0.1) is 0 Å². The van der Waals surface area contributed by atoms with Crippen molar-refractivity contribution in [3.05, 3.63) is 34.9 Å². The Balaban J connectivity index is 1.91. The molecule has 0 saturated heterocycles. The summed E-state index contributed by atoms with van der Waals surface area (Å²) in [4.78, 5) is 0. The normalized spacial score (nSPS) is 18.5. The van der Waals surface area contributed by atoms with Gasteiger partial charge >= 0.3 is 0 Å². The van der Waals surface area contributed by atoms with Crippen LogP contribution in [0.25, 0.3) is 0 Å². The zero-order valence-corrected chi connectivity index (χ0v) is 11.2. The summed E-state index contributed by atoms with van der Waals surface area (Å²) < 4.78 is 0. The molecule has 1 aliphatic carbocycles. The van der Waals surface area contributed by atoms with Crippen LogP contribution < -0.4 is 5.73 Å². The van der Waals surface area contributed by atoms with Crippen molar-refractivity contribution in [2.24, 2.45) is 11.7 Å². The second kappa shape index (κ2) is 5.68. The van der Waals surface area contributed by atoms with E-state index in [-0.39, 0.29) is 6.04 Å². The molecule has 1 aromatic carbocycles. The first kappa shape index (κ1) is 12.6. The molecule has 0 aromatic heterocycles. The second-order valence-electron chi connectivity index (χ2n) is 5.76. The number of benzene rings is 1. The summed E-state index contributed by atoms with van der Waals surface area (Å²) in [5, 5.41) is 0. The fourth-order valence-electron chi connectivity index (χ4n) is 3.10. The van der Waals surface area contributed by atoms with Gasteiger partial charge < -0.3 is 5.73 Å². The highest BCUT2D eigenvalue weighted by Gasteiger charge is 2.16. The van der Waals surface area contributed by atoms with Gasteiger partial charge in [-0.1, -0.05) is 55.0 Å². The summed E-state index contributed by atoms with van der Waals surface area (Å²) in [7, 11) is 0. The third-order valence-electron chi connectivity index (χ3n) is 4.03. The fraction of sp³-hybridized carbons (Fsp3) is 0.625. The molecule has 1 aliphatic rings. The van der Waals surface area contributed by atoms with Crippen LogP contribution in [0.3, 0.4) is 0 Å². The molecule has 17 heavy (non-hydrogen) atoms. The van der Waals surface area contributed by atoms with Gasteiger partial charge in [0.1, 0.15) is 0 Å². The molecule has 1 heteroatoms. The average Bonchev–Trinajstić information content (AvgIpc) is 2.77. The van der Waals surface area contributed by atoms with Gasteiger partial charge in [-0.05, 0) is 38.2 Å². The molecule has 1 atom stereocenters. The molecule has 1 fully saturated rings. The Kier molecular flexibility index (Phi) is 4.22. The van der Waals surface area contributed by atoms with Gasteiger partial charge in [-0.3, -0.25) is 0 Å².